The number of carboxylic acid groups (broad SMARTS) is 1. The molecule has 3 aromatic rings. The molecule has 1 aliphatic heterocycles. The summed E-state index contributed by atoms with van der Waals surface area (Å²) in [5, 5.41) is 12.2. The van der Waals surface area contributed by atoms with Crippen LogP contribution >= 0.6 is 15.9 Å². The van der Waals surface area contributed by atoms with Crippen molar-refractivity contribution in [1.82, 2.24) is 0 Å². The van der Waals surface area contributed by atoms with Gasteiger partial charge in [-0.2, -0.15) is 0 Å². The van der Waals surface area contributed by atoms with E-state index in [4.69, 9.17) is 5.73 Å². The van der Waals surface area contributed by atoms with E-state index in [0.29, 0.717) is 12.2 Å². The molecule has 0 aromatic heterocycles. The maximum absolute atomic E-state index is 12.1. The third-order valence-electron chi connectivity index (χ3n) is 6.50. The molecule has 7 heteroatoms. The molecule has 0 spiro atoms. The number of piperidine rings is 1. The predicted octanol–water partition coefficient (Wildman–Crippen LogP) is 5.09. The second kappa shape index (κ2) is 16.6. The first-order valence-corrected chi connectivity index (χ1v) is 14.2. The van der Waals surface area contributed by atoms with Gasteiger partial charge in [-0.1, -0.05) is 77.8 Å². The summed E-state index contributed by atoms with van der Waals surface area (Å²) in [5.74, 6) is 2.04. The van der Waals surface area contributed by atoms with E-state index in [2.05, 4.69) is 28.2 Å². The average molecular weight is 570 g/mol. The molecule has 4 rings (SSSR count). The van der Waals surface area contributed by atoms with Gasteiger partial charge in [-0.25, -0.2) is 4.79 Å². The number of Topliss-reactive ketones (excluding diaryl/α,β-unsaturated/α-hetero) is 1. The number of alkyl halides is 1. The summed E-state index contributed by atoms with van der Waals surface area (Å²) in [4.78, 5) is 24.8. The van der Waals surface area contributed by atoms with Crippen LogP contribution in [0.5, 0.6) is 0 Å². The van der Waals surface area contributed by atoms with Gasteiger partial charge in [0.25, 0.3) is 0 Å². The molecule has 0 amide bonds. The number of nitrogen functional groups attached to an aromatic ring is 1. The first kappa shape index (κ1) is 30.1. The Morgan fingerprint density at radius 1 is 0.946 bits per heavy atom. The quantitative estimate of drug-likeness (QED) is 0.172. The summed E-state index contributed by atoms with van der Waals surface area (Å²) in [7, 11) is 0. The molecule has 1 aliphatic rings. The Kier molecular flexibility index (Phi) is 13.5. The number of likely N-dealkylation sites (tertiary alicyclic amines) is 1. The van der Waals surface area contributed by atoms with Crippen LogP contribution < -0.4 is 16.0 Å². The number of ketones is 1. The van der Waals surface area contributed by atoms with Crippen molar-refractivity contribution < 1.29 is 19.6 Å². The minimum atomic E-state index is -0.889. The van der Waals surface area contributed by atoms with Crippen molar-refractivity contribution in [3.8, 4) is 0 Å². The van der Waals surface area contributed by atoms with Gasteiger partial charge >= 0.3 is 5.97 Å². The van der Waals surface area contributed by atoms with Gasteiger partial charge in [0, 0.05) is 16.9 Å². The highest BCUT2D eigenvalue weighted by Crippen LogP contribution is 2.19. The number of halogens is 1. The lowest BCUT2D eigenvalue weighted by molar-refractivity contribution is -0.897. The maximum Gasteiger partial charge on any atom is 0.330 e. The van der Waals surface area contributed by atoms with Crippen LogP contribution in [0.3, 0.4) is 0 Å². The van der Waals surface area contributed by atoms with Gasteiger partial charge < -0.3 is 21.1 Å². The van der Waals surface area contributed by atoms with Crippen molar-refractivity contribution in [2.24, 2.45) is 5.92 Å². The molecule has 1 saturated heterocycles. The van der Waals surface area contributed by atoms with Crippen molar-refractivity contribution in [1.29, 1.82) is 0 Å². The minimum Gasteiger partial charge on any atom is -0.479 e. The van der Waals surface area contributed by atoms with Crippen LogP contribution in [0, 0.1) is 5.92 Å². The van der Waals surface area contributed by atoms with E-state index < -0.39 is 12.0 Å². The summed E-state index contributed by atoms with van der Waals surface area (Å²) in [6.45, 7) is 5.16. The van der Waals surface area contributed by atoms with Crippen LogP contribution in [0.15, 0.2) is 84.9 Å². The molecule has 0 aliphatic carbocycles. The van der Waals surface area contributed by atoms with E-state index in [1.54, 1.807) is 24.3 Å². The number of para-hydroxylation sites is 1. The maximum atomic E-state index is 12.1. The summed E-state index contributed by atoms with van der Waals surface area (Å²) in [6, 6.07) is 25.0. The molecule has 198 valence electrons. The Balaban J connectivity index is 0.000000244. The topological polar surface area (TPSA) is 96.9 Å². The molecule has 0 radical (unpaired) electrons. The number of carbonyl (C=O) groups is 2. The normalized spacial score (nSPS) is 17.2. The lowest BCUT2D eigenvalue weighted by Gasteiger charge is -2.28. The van der Waals surface area contributed by atoms with E-state index in [1.165, 1.54) is 24.2 Å². The Morgan fingerprint density at radius 3 is 2.00 bits per heavy atom. The standard InChI is InChI=1S/C15H22N2O.C14H13NO2.CH3Br/c1-2-12-7-9-17(10-8-12)11-15(18)13-3-5-14(16)6-4-13;16-14(17)13(11-7-3-1-4-8-11)15-12-9-5-2-6-10-12;1-2/h3-6,12H,2,7-11,16H2,1H3;1-10,13,15H,(H,16,17);1H3/p+1/t;13-;/m.1./s1. The predicted molar refractivity (Wildman–Crippen MR) is 155 cm³/mol. The third kappa shape index (κ3) is 10.4. The second-order valence-corrected chi connectivity index (χ2v) is 9.02. The Morgan fingerprint density at radius 2 is 1.49 bits per heavy atom. The SMILES string of the molecule is CBr.CCC1CC[NH+](CC(=O)c2ccc(N)cc2)CC1.O=C(O)[C@H](Nc1ccccc1)c1ccccc1. The summed E-state index contributed by atoms with van der Waals surface area (Å²) in [5.41, 5.74) is 8.66. The van der Waals surface area contributed by atoms with Crippen LogP contribution in [-0.2, 0) is 4.79 Å². The van der Waals surface area contributed by atoms with Gasteiger partial charge in [-0.3, -0.25) is 4.79 Å². The lowest BCUT2D eigenvalue weighted by atomic mass is 9.94. The fourth-order valence-corrected chi connectivity index (χ4v) is 4.30. The average Bonchev–Trinajstić information content (AvgIpc) is 2.95. The first-order valence-electron chi connectivity index (χ1n) is 12.7. The zero-order valence-corrected chi connectivity index (χ0v) is 23.3. The van der Waals surface area contributed by atoms with Crippen molar-refractivity contribution in [2.45, 2.75) is 32.2 Å². The molecule has 3 aromatic carbocycles. The molecule has 0 unspecified atom stereocenters. The molecule has 1 atom stereocenters. The Labute approximate surface area is 229 Å². The number of hydrogen-bond donors (Lipinski definition) is 4. The van der Waals surface area contributed by atoms with E-state index in [1.807, 2.05) is 66.5 Å². The van der Waals surface area contributed by atoms with Crippen LogP contribution in [-0.4, -0.2) is 42.3 Å². The van der Waals surface area contributed by atoms with Crippen LogP contribution in [0.4, 0.5) is 11.4 Å². The van der Waals surface area contributed by atoms with Gasteiger partial charge in [0.15, 0.2) is 6.04 Å². The van der Waals surface area contributed by atoms with Crippen molar-refractivity contribution in [3.05, 3.63) is 96.1 Å². The smallest absolute Gasteiger partial charge is 0.330 e. The molecular weight excluding hydrogens is 530 g/mol. The highest BCUT2D eigenvalue weighted by Gasteiger charge is 2.23. The van der Waals surface area contributed by atoms with Gasteiger partial charge in [-0.05, 0) is 66.6 Å². The molecule has 0 saturated carbocycles. The zero-order chi connectivity index (χ0) is 27.0. The Bertz CT molecular complexity index is 1050. The number of benzene rings is 3. The van der Waals surface area contributed by atoms with Crippen LogP contribution in [0.2, 0.25) is 0 Å². The Hall–Kier alpha value is -3.16. The fraction of sp³-hybridized carbons (Fsp3) is 0.333. The van der Waals surface area contributed by atoms with Gasteiger partial charge in [0.1, 0.15) is 6.54 Å². The highest BCUT2D eigenvalue weighted by molar-refractivity contribution is 9.08. The highest BCUT2D eigenvalue weighted by atomic mass is 79.9. The number of carbonyl (C=O) groups excluding carboxylic acids is 1. The van der Waals surface area contributed by atoms with E-state index in [0.717, 1.165) is 35.8 Å². The number of rotatable bonds is 8. The van der Waals surface area contributed by atoms with Crippen molar-refractivity contribution in [2.75, 3.05) is 36.5 Å². The van der Waals surface area contributed by atoms with Gasteiger partial charge in [-0.15, -0.1) is 0 Å². The number of nitrogens with two attached hydrogens (primary N) is 1. The van der Waals surface area contributed by atoms with Crippen LogP contribution in [0.25, 0.3) is 0 Å². The summed E-state index contributed by atoms with van der Waals surface area (Å²) < 4.78 is 0. The molecule has 5 N–H and O–H groups in total. The van der Waals surface area contributed by atoms with Gasteiger partial charge in [0.05, 0.1) is 13.1 Å². The summed E-state index contributed by atoms with van der Waals surface area (Å²) >= 11 is 2.94. The zero-order valence-electron chi connectivity index (χ0n) is 21.7. The number of nitrogens with one attached hydrogen (secondary N) is 2. The lowest BCUT2D eigenvalue weighted by Crippen LogP contribution is -3.13. The van der Waals surface area contributed by atoms with E-state index in [9.17, 15) is 14.7 Å². The summed E-state index contributed by atoms with van der Waals surface area (Å²) in [6.07, 6.45) is 3.81. The minimum absolute atomic E-state index is 0.236. The molecular formula is C30H39BrN3O3+. The van der Waals surface area contributed by atoms with Crippen LogP contribution in [0.1, 0.15) is 48.1 Å². The number of hydrogen-bond acceptors (Lipinski definition) is 4. The molecule has 1 heterocycles. The van der Waals surface area contributed by atoms with Crippen molar-refractivity contribution in [3.63, 3.8) is 0 Å². The number of quaternary nitrogens is 1. The molecule has 0 bridgehead atoms. The third-order valence-corrected chi connectivity index (χ3v) is 6.50. The fourth-order valence-electron chi connectivity index (χ4n) is 4.30. The monoisotopic (exact) mass is 568 g/mol. The number of carboxylic acids is 1. The van der Waals surface area contributed by atoms with E-state index in [-0.39, 0.29) is 5.78 Å². The molecule has 37 heavy (non-hydrogen) atoms. The number of aliphatic carboxylic acids is 1. The number of anilines is 2. The first-order chi connectivity index (χ1) is 18.0. The van der Waals surface area contributed by atoms with Crippen molar-refractivity contribution >= 4 is 39.1 Å². The largest absolute Gasteiger partial charge is 0.479 e. The van der Waals surface area contributed by atoms with Gasteiger partial charge in [0.2, 0.25) is 5.78 Å². The molecule has 1 fully saturated rings. The van der Waals surface area contributed by atoms with E-state index >= 15 is 0 Å². The second-order valence-electron chi connectivity index (χ2n) is 9.02. The molecule has 6 nitrogen and oxygen atoms in total.